The average Bonchev–Trinajstić information content (AvgIpc) is 1.86. The van der Waals surface area contributed by atoms with Gasteiger partial charge in [0.05, 0.1) is 12.2 Å². The first kappa shape index (κ1) is 10.9. The van der Waals surface area contributed by atoms with Gasteiger partial charge in [-0.25, -0.2) is 0 Å². The fourth-order valence-electron chi connectivity index (χ4n) is 1.00. The molecule has 68 valence electrons. The van der Waals surface area contributed by atoms with Crippen LogP contribution in [0.25, 0.3) is 0 Å². The molecular weight excluding hydrogens is 144 g/mol. The Morgan fingerprint density at radius 2 is 1.82 bits per heavy atom. The second kappa shape index (κ2) is 6.58. The largest absolute Gasteiger partial charge is 0.396 e. The van der Waals surface area contributed by atoms with E-state index in [9.17, 15) is 5.11 Å². The van der Waals surface area contributed by atoms with E-state index in [1.54, 1.807) is 6.92 Å². The molecule has 0 amide bonds. The molecule has 0 aliphatic heterocycles. The molecule has 0 aromatic rings. The van der Waals surface area contributed by atoms with Gasteiger partial charge in [0.2, 0.25) is 0 Å². The number of rotatable bonds is 6. The van der Waals surface area contributed by atoms with Crippen LogP contribution < -0.4 is 0 Å². The maximum Gasteiger partial charge on any atom is 0.0564 e. The Morgan fingerprint density at radius 3 is 2.27 bits per heavy atom. The Balaban J connectivity index is 3.15. The maximum atomic E-state index is 9.20. The molecule has 0 heterocycles. The lowest BCUT2D eigenvalue weighted by molar-refractivity contribution is 0.0825. The minimum Gasteiger partial charge on any atom is -0.396 e. The number of hydrogen-bond acceptors (Lipinski definition) is 3. The van der Waals surface area contributed by atoms with Crippen LogP contribution in [0.1, 0.15) is 32.6 Å². The highest BCUT2D eigenvalue weighted by Gasteiger charge is 2.06. The topological polar surface area (TPSA) is 60.7 Å². The molecule has 0 spiro atoms. The molecule has 0 rings (SSSR count). The fraction of sp³-hybridized carbons (Fsp3) is 1.00. The lowest BCUT2D eigenvalue weighted by atomic mass is 10.1. The van der Waals surface area contributed by atoms with E-state index in [-0.39, 0.29) is 6.61 Å². The fourth-order valence-corrected chi connectivity index (χ4v) is 1.00. The van der Waals surface area contributed by atoms with E-state index >= 15 is 0 Å². The van der Waals surface area contributed by atoms with Crippen molar-refractivity contribution in [1.29, 1.82) is 0 Å². The van der Waals surface area contributed by atoms with Crippen molar-refractivity contribution in [3.63, 3.8) is 0 Å². The first-order valence-electron chi connectivity index (χ1n) is 4.13. The van der Waals surface area contributed by atoms with E-state index in [1.807, 2.05) is 0 Å². The molecule has 0 aliphatic rings. The molecule has 3 heteroatoms. The summed E-state index contributed by atoms with van der Waals surface area (Å²) < 4.78 is 0. The average molecular weight is 162 g/mol. The number of unbranched alkanes of at least 4 members (excludes halogenated alkanes) is 1. The van der Waals surface area contributed by atoms with Crippen LogP contribution in [0.15, 0.2) is 0 Å². The van der Waals surface area contributed by atoms with E-state index in [4.69, 9.17) is 10.2 Å². The molecule has 0 aromatic carbocycles. The summed E-state index contributed by atoms with van der Waals surface area (Å²) in [4.78, 5) is 0. The van der Waals surface area contributed by atoms with Crippen LogP contribution in [0.2, 0.25) is 0 Å². The van der Waals surface area contributed by atoms with Crippen LogP contribution in [-0.2, 0) is 0 Å². The highest BCUT2D eigenvalue weighted by Crippen LogP contribution is 2.06. The predicted octanol–water partition coefficient (Wildman–Crippen LogP) is 0.281. The zero-order valence-electron chi connectivity index (χ0n) is 7.03. The van der Waals surface area contributed by atoms with Crippen molar-refractivity contribution >= 4 is 0 Å². The molecule has 3 N–H and O–H groups in total. The van der Waals surface area contributed by atoms with E-state index in [0.29, 0.717) is 12.8 Å². The van der Waals surface area contributed by atoms with Crippen molar-refractivity contribution in [2.75, 3.05) is 6.61 Å². The third-order valence-corrected chi connectivity index (χ3v) is 1.56. The summed E-state index contributed by atoms with van der Waals surface area (Å²) in [7, 11) is 0. The maximum absolute atomic E-state index is 9.20. The molecule has 0 saturated heterocycles. The third-order valence-electron chi connectivity index (χ3n) is 1.56. The first-order chi connectivity index (χ1) is 5.16. The monoisotopic (exact) mass is 162 g/mol. The molecule has 3 nitrogen and oxygen atoms in total. The van der Waals surface area contributed by atoms with Gasteiger partial charge in [-0.05, 0) is 32.6 Å². The lowest BCUT2D eigenvalue weighted by Crippen LogP contribution is -2.14. The molecule has 0 bridgehead atoms. The molecule has 2 unspecified atom stereocenters. The molecule has 0 saturated carbocycles. The Kier molecular flexibility index (Phi) is 6.51. The summed E-state index contributed by atoms with van der Waals surface area (Å²) in [6.45, 7) is 1.84. The van der Waals surface area contributed by atoms with Gasteiger partial charge < -0.3 is 15.3 Å². The summed E-state index contributed by atoms with van der Waals surface area (Å²) in [6, 6.07) is 0. The third kappa shape index (κ3) is 7.78. The summed E-state index contributed by atoms with van der Waals surface area (Å²) >= 11 is 0. The second-order valence-corrected chi connectivity index (χ2v) is 2.96. The van der Waals surface area contributed by atoms with Gasteiger partial charge in [0.15, 0.2) is 0 Å². The summed E-state index contributed by atoms with van der Waals surface area (Å²) in [5, 5.41) is 26.5. The van der Waals surface area contributed by atoms with E-state index in [0.717, 1.165) is 12.8 Å². The van der Waals surface area contributed by atoms with Crippen molar-refractivity contribution in [3.8, 4) is 0 Å². The number of hydrogen-bond donors (Lipinski definition) is 3. The van der Waals surface area contributed by atoms with Gasteiger partial charge in [0, 0.05) is 6.61 Å². The van der Waals surface area contributed by atoms with Crippen LogP contribution in [-0.4, -0.2) is 34.1 Å². The van der Waals surface area contributed by atoms with Gasteiger partial charge >= 0.3 is 0 Å². The van der Waals surface area contributed by atoms with E-state index in [2.05, 4.69) is 0 Å². The van der Waals surface area contributed by atoms with Gasteiger partial charge in [-0.15, -0.1) is 0 Å². The van der Waals surface area contributed by atoms with Crippen LogP contribution in [0.3, 0.4) is 0 Å². The normalized spacial score (nSPS) is 16.4. The van der Waals surface area contributed by atoms with Crippen molar-refractivity contribution < 1.29 is 15.3 Å². The van der Waals surface area contributed by atoms with Crippen molar-refractivity contribution in [1.82, 2.24) is 0 Å². The van der Waals surface area contributed by atoms with Crippen LogP contribution in [0, 0.1) is 0 Å². The standard InChI is InChI=1S/C8H18O3/c1-7(10)6-8(11)4-2-3-5-9/h7-11H,2-6H2,1H3. The van der Waals surface area contributed by atoms with E-state index in [1.165, 1.54) is 0 Å². The van der Waals surface area contributed by atoms with Gasteiger partial charge in [-0.2, -0.15) is 0 Å². The molecule has 2 atom stereocenters. The van der Waals surface area contributed by atoms with Gasteiger partial charge in [0.25, 0.3) is 0 Å². The minimum absolute atomic E-state index is 0.182. The zero-order valence-corrected chi connectivity index (χ0v) is 7.03. The summed E-state index contributed by atoms with van der Waals surface area (Å²) in [5.74, 6) is 0. The highest BCUT2D eigenvalue weighted by atomic mass is 16.3. The molecular formula is C8H18O3. The first-order valence-corrected chi connectivity index (χ1v) is 4.13. The SMILES string of the molecule is CC(O)CC(O)CCCCO. The smallest absolute Gasteiger partial charge is 0.0564 e. The molecule has 0 fully saturated rings. The Morgan fingerprint density at radius 1 is 1.18 bits per heavy atom. The van der Waals surface area contributed by atoms with Gasteiger partial charge in [-0.3, -0.25) is 0 Å². The van der Waals surface area contributed by atoms with Crippen LogP contribution in [0.5, 0.6) is 0 Å². The molecule has 0 aliphatic carbocycles. The van der Waals surface area contributed by atoms with Crippen LogP contribution >= 0.6 is 0 Å². The minimum atomic E-state index is -0.431. The number of aliphatic hydroxyl groups is 3. The van der Waals surface area contributed by atoms with Gasteiger partial charge in [-0.1, -0.05) is 0 Å². The Bertz CT molecular complexity index is 83.4. The Labute approximate surface area is 67.7 Å². The van der Waals surface area contributed by atoms with Crippen LogP contribution in [0.4, 0.5) is 0 Å². The molecule has 11 heavy (non-hydrogen) atoms. The predicted molar refractivity (Wildman–Crippen MR) is 43.2 cm³/mol. The summed E-state index contributed by atoms with van der Waals surface area (Å²) in [5.41, 5.74) is 0. The molecule has 0 aromatic heterocycles. The number of aliphatic hydroxyl groups excluding tert-OH is 3. The van der Waals surface area contributed by atoms with E-state index < -0.39 is 12.2 Å². The Hall–Kier alpha value is -0.120. The zero-order chi connectivity index (χ0) is 8.69. The highest BCUT2D eigenvalue weighted by molar-refractivity contribution is 4.59. The quantitative estimate of drug-likeness (QED) is 0.492. The second-order valence-electron chi connectivity index (χ2n) is 2.96. The molecule has 0 radical (unpaired) electrons. The summed E-state index contributed by atoms with van der Waals surface area (Å²) in [6.07, 6.45) is 1.82. The van der Waals surface area contributed by atoms with Crippen molar-refractivity contribution in [2.45, 2.75) is 44.8 Å². The van der Waals surface area contributed by atoms with Crippen molar-refractivity contribution in [3.05, 3.63) is 0 Å². The van der Waals surface area contributed by atoms with Gasteiger partial charge in [0.1, 0.15) is 0 Å². The lowest BCUT2D eigenvalue weighted by Gasteiger charge is -2.11. The van der Waals surface area contributed by atoms with Crippen molar-refractivity contribution in [2.24, 2.45) is 0 Å².